The molecule has 0 saturated heterocycles. The average molecular weight is 442 g/mol. The van der Waals surface area contributed by atoms with E-state index in [1.807, 2.05) is 31.2 Å². The van der Waals surface area contributed by atoms with Crippen molar-refractivity contribution in [2.45, 2.75) is 16.7 Å². The quantitative estimate of drug-likeness (QED) is 0.490. The minimum atomic E-state index is -4.12. The number of nitrogens with zero attached hydrogens (tertiary/aromatic N) is 1. The number of sulfonamides is 1. The third kappa shape index (κ3) is 3.69. The molecule has 3 aromatic carbocycles. The molecule has 0 aliphatic carbocycles. The van der Waals surface area contributed by atoms with Gasteiger partial charge in [0, 0.05) is 22.9 Å². The van der Waals surface area contributed by atoms with Crippen LogP contribution in [0, 0.1) is 6.92 Å². The second-order valence-electron chi connectivity index (χ2n) is 6.97. The molecule has 0 bridgehead atoms. The van der Waals surface area contributed by atoms with Crippen molar-refractivity contribution in [1.82, 2.24) is 10.2 Å². The highest BCUT2D eigenvalue weighted by molar-refractivity contribution is 7.95. The highest BCUT2D eigenvalue weighted by Crippen LogP contribution is 2.31. The van der Waals surface area contributed by atoms with Gasteiger partial charge in [-0.2, -0.15) is 5.10 Å². The van der Waals surface area contributed by atoms with Crippen LogP contribution in [0.3, 0.4) is 0 Å². The standard InChI is InChI=1S/C21H19N3O4S2/c1-14-7-3-4-8-16(14)21-17-13-15(11-12-18(17)22-23-21)24-30(27,28)20-10-6-5-9-19(20)29(2,25)26/h3-13,24H,1-2H3,(H,22,23). The predicted molar refractivity (Wildman–Crippen MR) is 117 cm³/mol. The molecule has 0 atom stereocenters. The zero-order valence-corrected chi connectivity index (χ0v) is 17.9. The summed E-state index contributed by atoms with van der Waals surface area (Å²) < 4.78 is 52.4. The summed E-state index contributed by atoms with van der Waals surface area (Å²) in [7, 11) is -7.84. The molecule has 0 aliphatic rings. The molecule has 0 spiro atoms. The van der Waals surface area contributed by atoms with Gasteiger partial charge in [-0.25, -0.2) is 16.8 Å². The fourth-order valence-corrected chi connectivity index (χ4v) is 5.99. The molecule has 4 aromatic rings. The van der Waals surface area contributed by atoms with Gasteiger partial charge < -0.3 is 0 Å². The molecule has 4 rings (SSSR count). The number of hydrogen-bond donors (Lipinski definition) is 2. The summed E-state index contributed by atoms with van der Waals surface area (Å²) >= 11 is 0. The largest absolute Gasteiger partial charge is 0.280 e. The van der Waals surface area contributed by atoms with Gasteiger partial charge in [-0.1, -0.05) is 36.4 Å². The molecule has 1 heterocycles. The molecule has 0 unspecified atom stereocenters. The number of rotatable bonds is 5. The summed E-state index contributed by atoms with van der Waals surface area (Å²) in [5, 5.41) is 8.10. The molecule has 0 fully saturated rings. The number of fused-ring (bicyclic) bond motifs is 1. The van der Waals surface area contributed by atoms with Crippen LogP contribution in [0.15, 0.2) is 76.5 Å². The number of aromatic amines is 1. The van der Waals surface area contributed by atoms with Gasteiger partial charge in [0.2, 0.25) is 0 Å². The van der Waals surface area contributed by atoms with E-state index in [0.717, 1.165) is 28.3 Å². The minimum Gasteiger partial charge on any atom is -0.280 e. The van der Waals surface area contributed by atoms with E-state index >= 15 is 0 Å². The Morgan fingerprint density at radius 1 is 0.867 bits per heavy atom. The van der Waals surface area contributed by atoms with Crippen LogP contribution in [0.25, 0.3) is 22.2 Å². The third-order valence-electron chi connectivity index (χ3n) is 4.75. The van der Waals surface area contributed by atoms with E-state index in [2.05, 4.69) is 14.9 Å². The summed E-state index contributed by atoms with van der Waals surface area (Å²) in [6, 6.07) is 18.3. The van der Waals surface area contributed by atoms with Crippen molar-refractivity contribution in [3.05, 3.63) is 72.3 Å². The maximum Gasteiger partial charge on any atom is 0.263 e. The number of anilines is 1. The smallest absolute Gasteiger partial charge is 0.263 e. The van der Waals surface area contributed by atoms with E-state index in [4.69, 9.17) is 0 Å². The average Bonchev–Trinajstić information content (AvgIpc) is 3.10. The molecule has 30 heavy (non-hydrogen) atoms. The minimum absolute atomic E-state index is 0.248. The van der Waals surface area contributed by atoms with Crippen LogP contribution < -0.4 is 4.72 Å². The molecular weight excluding hydrogens is 422 g/mol. The summed E-state index contributed by atoms with van der Waals surface area (Å²) in [4.78, 5) is -0.540. The van der Waals surface area contributed by atoms with Crippen LogP contribution in [-0.2, 0) is 19.9 Å². The zero-order chi connectivity index (χ0) is 21.5. The molecule has 0 saturated carbocycles. The summed E-state index contributed by atoms with van der Waals surface area (Å²) in [5.74, 6) is 0. The van der Waals surface area contributed by atoms with Crippen molar-refractivity contribution >= 4 is 36.5 Å². The Labute approximate surface area is 174 Å². The zero-order valence-electron chi connectivity index (χ0n) is 16.2. The number of hydrogen-bond acceptors (Lipinski definition) is 5. The number of aryl methyl sites for hydroxylation is 1. The van der Waals surface area contributed by atoms with Gasteiger partial charge in [-0.15, -0.1) is 0 Å². The Bertz CT molecular complexity index is 1470. The summed E-state index contributed by atoms with van der Waals surface area (Å²) in [6.45, 7) is 1.98. The van der Waals surface area contributed by atoms with Crippen molar-refractivity contribution in [2.75, 3.05) is 11.0 Å². The number of H-pyrrole nitrogens is 1. The lowest BCUT2D eigenvalue weighted by Crippen LogP contribution is -2.16. The van der Waals surface area contributed by atoms with E-state index in [9.17, 15) is 16.8 Å². The van der Waals surface area contributed by atoms with Gasteiger partial charge in [-0.3, -0.25) is 9.82 Å². The van der Waals surface area contributed by atoms with E-state index in [-0.39, 0.29) is 9.79 Å². The van der Waals surface area contributed by atoms with Gasteiger partial charge in [0.15, 0.2) is 9.84 Å². The first-order chi connectivity index (χ1) is 14.2. The predicted octanol–water partition coefficient (Wildman–Crippen LogP) is 3.74. The van der Waals surface area contributed by atoms with E-state index in [1.54, 1.807) is 18.2 Å². The molecular formula is C21H19N3O4S2. The van der Waals surface area contributed by atoms with Crippen LogP contribution in [0.2, 0.25) is 0 Å². The van der Waals surface area contributed by atoms with Crippen LogP contribution in [-0.4, -0.2) is 33.3 Å². The molecule has 0 radical (unpaired) electrons. The normalized spacial score (nSPS) is 12.2. The molecule has 9 heteroatoms. The topological polar surface area (TPSA) is 109 Å². The maximum absolute atomic E-state index is 13.0. The van der Waals surface area contributed by atoms with Crippen LogP contribution in [0.4, 0.5) is 5.69 Å². The lowest BCUT2D eigenvalue weighted by atomic mass is 10.0. The van der Waals surface area contributed by atoms with Crippen molar-refractivity contribution in [1.29, 1.82) is 0 Å². The Morgan fingerprint density at radius 2 is 1.53 bits per heavy atom. The van der Waals surface area contributed by atoms with Gasteiger partial charge >= 0.3 is 0 Å². The Morgan fingerprint density at radius 3 is 2.23 bits per heavy atom. The van der Waals surface area contributed by atoms with Crippen molar-refractivity contribution < 1.29 is 16.8 Å². The lowest BCUT2D eigenvalue weighted by molar-refractivity contribution is 0.588. The number of aromatic nitrogens is 2. The van der Waals surface area contributed by atoms with Gasteiger partial charge in [0.25, 0.3) is 10.0 Å². The second kappa shape index (κ2) is 7.26. The Balaban J connectivity index is 1.79. The second-order valence-corrected chi connectivity index (χ2v) is 10.6. The summed E-state index contributed by atoms with van der Waals surface area (Å²) in [6.07, 6.45) is 0.980. The SMILES string of the molecule is Cc1ccccc1-c1n[nH]c2ccc(NS(=O)(=O)c3ccccc3S(C)(=O)=O)cc12. The van der Waals surface area contributed by atoms with Crippen LogP contribution in [0.1, 0.15) is 5.56 Å². The Hall–Kier alpha value is -3.17. The van der Waals surface area contributed by atoms with Crippen molar-refractivity contribution in [2.24, 2.45) is 0 Å². The number of nitrogens with one attached hydrogen (secondary N) is 2. The van der Waals surface area contributed by atoms with E-state index in [1.165, 1.54) is 24.3 Å². The molecule has 1 aromatic heterocycles. The molecule has 154 valence electrons. The molecule has 2 N–H and O–H groups in total. The fraction of sp³-hybridized carbons (Fsp3) is 0.0952. The highest BCUT2D eigenvalue weighted by atomic mass is 32.2. The summed E-state index contributed by atoms with van der Waals surface area (Å²) in [5.41, 5.74) is 3.75. The first-order valence-corrected chi connectivity index (χ1v) is 12.4. The van der Waals surface area contributed by atoms with Gasteiger partial charge in [-0.05, 0) is 42.8 Å². The fourth-order valence-electron chi connectivity index (χ4n) is 3.31. The molecule has 0 aliphatic heterocycles. The first-order valence-electron chi connectivity index (χ1n) is 9.03. The monoisotopic (exact) mass is 441 g/mol. The van der Waals surface area contributed by atoms with Gasteiger partial charge in [0.1, 0.15) is 10.6 Å². The highest BCUT2D eigenvalue weighted by Gasteiger charge is 2.24. The molecule has 7 nitrogen and oxygen atoms in total. The third-order valence-corrected chi connectivity index (χ3v) is 7.48. The van der Waals surface area contributed by atoms with Crippen molar-refractivity contribution in [3.8, 4) is 11.3 Å². The van der Waals surface area contributed by atoms with E-state index < -0.39 is 19.9 Å². The van der Waals surface area contributed by atoms with Crippen LogP contribution >= 0.6 is 0 Å². The lowest BCUT2D eigenvalue weighted by Gasteiger charge is -2.11. The first kappa shape index (κ1) is 20.1. The van der Waals surface area contributed by atoms with E-state index in [0.29, 0.717) is 11.4 Å². The Kier molecular flexibility index (Phi) is 4.87. The number of sulfone groups is 1. The van der Waals surface area contributed by atoms with Crippen molar-refractivity contribution in [3.63, 3.8) is 0 Å². The van der Waals surface area contributed by atoms with Gasteiger partial charge in [0.05, 0.1) is 10.4 Å². The van der Waals surface area contributed by atoms with Crippen LogP contribution in [0.5, 0.6) is 0 Å². The maximum atomic E-state index is 13.0. The number of benzene rings is 3. The molecule has 0 amide bonds.